The Bertz CT molecular complexity index is 749. The molecule has 2 saturated carbocycles. The number of carbonyl (C=O) groups is 1. The van der Waals surface area contributed by atoms with Crippen molar-refractivity contribution in [2.45, 2.75) is 45.8 Å². The van der Waals surface area contributed by atoms with Crippen LogP contribution in [0.2, 0.25) is 0 Å². The molecule has 1 heterocycles. The predicted molar refractivity (Wildman–Crippen MR) is 96.7 cm³/mol. The molecule has 5 nitrogen and oxygen atoms in total. The normalized spacial score (nSPS) is 41.0. The molecule has 1 aromatic rings. The molecule has 0 amide bonds. The van der Waals surface area contributed by atoms with Crippen molar-refractivity contribution in [3.8, 4) is 0 Å². The lowest BCUT2D eigenvalue weighted by atomic mass is 9.70. The lowest BCUT2D eigenvalue weighted by molar-refractivity contribution is -0.137. The molecular formula is C19H26NO4P. The number of hydrogen-bond donors (Lipinski definition) is 0. The molecule has 0 unspecified atom stereocenters. The lowest BCUT2D eigenvalue weighted by Crippen LogP contribution is -2.42. The molecule has 1 aliphatic heterocycles. The van der Waals surface area contributed by atoms with Gasteiger partial charge < -0.3 is 9.26 Å². The summed E-state index contributed by atoms with van der Waals surface area (Å²) in [7, 11) is -2.00. The van der Waals surface area contributed by atoms with E-state index in [1.165, 1.54) is 7.11 Å². The Kier molecular flexibility index (Phi) is 3.66. The summed E-state index contributed by atoms with van der Waals surface area (Å²) in [5, 5.41) is 0. The van der Waals surface area contributed by atoms with Gasteiger partial charge in [0.1, 0.15) is 6.16 Å². The second-order valence-corrected chi connectivity index (χ2v) is 10.6. The number of fused-ring (bicyclic) bond motifs is 5. The van der Waals surface area contributed by atoms with E-state index in [9.17, 15) is 9.36 Å². The maximum absolute atomic E-state index is 13.8. The number of methoxy groups -OCH3 is 1. The summed E-state index contributed by atoms with van der Waals surface area (Å²) in [6, 6.07) is 9.77. The third-order valence-electron chi connectivity index (χ3n) is 7.19. The fourth-order valence-corrected chi connectivity index (χ4v) is 8.10. The van der Waals surface area contributed by atoms with Crippen LogP contribution in [-0.2, 0) is 18.6 Å². The van der Waals surface area contributed by atoms with E-state index in [0.717, 1.165) is 18.5 Å². The van der Waals surface area contributed by atoms with Crippen molar-refractivity contribution in [2.75, 3.05) is 17.9 Å². The van der Waals surface area contributed by atoms with Gasteiger partial charge in [-0.25, -0.2) is 0 Å². The van der Waals surface area contributed by atoms with E-state index in [1.807, 2.05) is 35.0 Å². The van der Waals surface area contributed by atoms with Gasteiger partial charge in [-0.05, 0) is 36.3 Å². The quantitative estimate of drug-likeness (QED) is 0.598. The van der Waals surface area contributed by atoms with Crippen molar-refractivity contribution in [1.82, 2.24) is 0 Å². The first-order valence-electron chi connectivity index (χ1n) is 8.94. The Morgan fingerprint density at radius 1 is 1.32 bits per heavy atom. The molecule has 4 rings (SSSR count). The Hall–Kier alpha value is -1.32. The van der Waals surface area contributed by atoms with Gasteiger partial charge >= 0.3 is 13.5 Å². The first-order valence-corrected chi connectivity index (χ1v) is 10.7. The Morgan fingerprint density at radius 2 is 2.00 bits per heavy atom. The summed E-state index contributed by atoms with van der Waals surface area (Å²) in [5.41, 5.74) is 0.956. The topological polar surface area (TPSA) is 55.8 Å². The van der Waals surface area contributed by atoms with Crippen molar-refractivity contribution in [3.63, 3.8) is 0 Å². The average molecular weight is 363 g/mol. The number of nitrogens with zero attached hydrogens (tertiary/aromatic N) is 1. The van der Waals surface area contributed by atoms with Crippen molar-refractivity contribution in [1.29, 1.82) is 0 Å². The van der Waals surface area contributed by atoms with Crippen LogP contribution in [0.15, 0.2) is 30.3 Å². The second kappa shape index (κ2) is 5.34. The standard InChI is InChI=1S/C19H26NO4P/c1-18(2)14-10-11-19(18,3)17-16(14)20(13-8-6-5-7-9-13)25(22,24-17)12-15(21)23-4/h5-9,14,16-17H,10-12H2,1-4H3/t14-,16+,17+,19+,25-/m1/s1. The van der Waals surface area contributed by atoms with Gasteiger partial charge in [-0.3, -0.25) is 14.0 Å². The molecule has 1 saturated heterocycles. The molecule has 0 N–H and O–H groups in total. The van der Waals surface area contributed by atoms with Crippen molar-refractivity contribution < 1.29 is 18.6 Å². The monoisotopic (exact) mass is 363 g/mol. The zero-order chi connectivity index (χ0) is 18.0. The molecule has 0 radical (unpaired) electrons. The number of anilines is 1. The molecule has 5 atom stereocenters. The Balaban J connectivity index is 1.82. The van der Waals surface area contributed by atoms with Gasteiger partial charge in [-0.1, -0.05) is 39.0 Å². The summed E-state index contributed by atoms with van der Waals surface area (Å²) in [4.78, 5) is 12.0. The van der Waals surface area contributed by atoms with Crippen molar-refractivity contribution >= 4 is 19.2 Å². The van der Waals surface area contributed by atoms with Crippen LogP contribution in [0.1, 0.15) is 33.6 Å². The number of carbonyl (C=O) groups excluding carboxylic acids is 1. The Labute approximate surface area is 149 Å². The highest BCUT2D eigenvalue weighted by atomic mass is 31.2. The van der Waals surface area contributed by atoms with E-state index in [4.69, 9.17) is 9.26 Å². The number of para-hydroxylation sites is 1. The number of rotatable bonds is 3. The molecule has 0 aromatic heterocycles. The minimum Gasteiger partial charge on any atom is -0.469 e. The van der Waals surface area contributed by atoms with Crippen LogP contribution in [-0.4, -0.2) is 31.4 Å². The van der Waals surface area contributed by atoms with Crippen LogP contribution in [0.3, 0.4) is 0 Å². The maximum atomic E-state index is 13.8. The van der Waals surface area contributed by atoms with Gasteiger partial charge in [0.15, 0.2) is 0 Å². The van der Waals surface area contributed by atoms with E-state index in [0.29, 0.717) is 5.92 Å². The number of benzene rings is 1. The van der Waals surface area contributed by atoms with Crippen LogP contribution < -0.4 is 4.67 Å². The Morgan fingerprint density at radius 3 is 2.64 bits per heavy atom. The van der Waals surface area contributed by atoms with Gasteiger partial charge in [0.25, 0.3) is 0 Å². The molecule has 1 aromatic carbocycles. The fourth-order valence-electron chi connectivity index (χ4n) is 5.44. The number of esters is 1. The molecule has 25 heavy (non-hydrogen) atoms. The third-order valence-corrected chi connectivity index (χ3v) is 9.56. The largest absolute Gasteiger partial charge is 0.469 e. The summed E-state index contributed by atoms with van der Waals surface area (Å²) >= 11 is 0. The smallest absolute Gasteiger partial charge is 0.317 e. The van der Waals surface area contributed by atoms with E-state index in [2.05, 4.69) is 20.8 Å². The number of ether oxygens (including phenoxy) is 1. The van der Waals surface area contributed by atoms with Gasteiger partial charge in [0.05, 0.1) is 19.3 Å². The van der Waals surface area contributed by atoms with Gasteiger partial charge in [-0.2, -0.15) is 0 Å². The highest BCUT2D eigenvalue weighted by Crippen LogP contribution is 2.76. The number of hydrogen-bond acceptors (Lipinski definition) is 4. The molecule has 2 aliphatic carbocycles. The lowest BCUT2D eigenvalue weighted by Gasteiger charge is -2.38. The molecular weight excluding hydrogens is 337 g/mol. The molecule has 3 fully saturated rings. The highest BCUT2D eigenvalue weighted by Gasteiger charge is 2.73. The van der Waals surface area contributed by atoms with E-state index in [1.54, 1.807) is 0 Å². The van der Waals surface area contributed by atoms with Crippen LogP contribution >= 0.6 is 7.52 Å². The van der Waals surface area contributed by atoms with Gasteiger partial charge in [0, 0.05) is 11.1 Å². The van der Waals surface area contributed by atoms with E-state index in [-0.39, 0.29) is 29.1 Å². The summed E-state index contributed by atoms with van der Waals surface area (Å²) in [6.45, 7) is 6.87. The third kappa shape index (κ3) is 2.12. The fraction of sp³-hybridized carbons (Fsp3) is 0.632. The van der Waals surface area contributed by atoms with E-state index < -0.39 is 13.5 Å². The first-order chi connectivity index (χ1) is 11.7. The SMILES string of the molecule is COC(=O)C[P@@]1(=O)O[C@H]2[C@H]([C@H]3CC[C@]2(C)C3(C)C)N1c1ccccc1. The van der Waals surface area contributed by atoms with Crippen LogP contribution in [0.25, 0.3) is 0 Å². The molecule has 3 aliphatic rings. The summed E-state index contributed by atoms with van der Waals surface area (Å²) in [5.74, 6) is -0.0859. The van der Waals surface area contributed by atoms with Crippen LogP contribution in [0.5, 0.6) is 0 Å². The predicted octanol–water partition coefficient (Wildman–Crippen LogP) is 4.08. The van der Waals surface area contributed by atoms with Crippen LogP contribution in [0.4, 0.5) is 5.69 Å². The second-order valence-electron chi connectivity index (χ2n) is 8.35. The molecule has 2 bridgehead atoms. The molecule has 136 valence electrons. The average Bonchev–Trinajstić information content (AvgIpc) is 3.06. The maximum Gasteiger partial charge on any atom is 0.317 e. The minimum absolute atomic E-state index is 0.0301. The van der Waals surface area contributed by atoms with Crippen LogP contribution in [0, 0.1) is 16.7 Å². The van der Waals surface area contributed by atoms with Crippen molar-refractivity contribution in [2.24, 2.45) is 16.7 Å². The highest BCUT2D eigenvalue weighted by molar-refractivity contribution is 7.62. The molecule has 0 spiro atoms. The molecule has 6 heteroatoms. The van der Waals surface area contributed by atoms with Crippen molar-refractivity contribution in [3.05, 3.63) is 30.3 Å². The zero-order valence-corrected chi connectivity index (χ0v) is 16.2. The summed E-state index contributed by atoms with van der Waals surface area (Å²) < 4.78 is 26.8. The first kappa shape index (κ1) is 17.1. The summed E-state index contributed by atoms with van der Waals surface area (Å²) in [6.07, 6.45) is 1.87. The van der Waals surface area contributed by atoms with Gasteiger partial charge in [0.2, 0.25) is 0 Å². The zero-order valence-electron chi connectivity index (χ0n) is 15.3. The van der Waals surface area contributed by atoms with E-state index >= 15 is 0 Å². The van der Waals surface area contributed by atoms with Gasteiger partial charge in [-0.15, -0.1) is 0 Å². The minimum atomic E-state index is -3.33.